The van der Waals surface area contributed by atoms with Crippen LogP contribution < -0.4 is 0 Å². The second-order valence-electron chi connectivity index (χ2n) is 4.32. The van der Waals surface area contributed by atoms with Crippen LogP contribution in [0.5, 0.6) is 0 Å². The average molecular weight is 268 g/mol. The van der Waals surface area contributed by atoms with E-state index in [4.69, 9.17) is 0 Å². The summed E-state index contributed by atoms with van der Waals surface area (Å²) in [6.07, 6.45) is 3.30. The Morgan fingerprint density at radius 1 is 1.25 bits per heavy atom. The van der Waals surface area contributed by atoms with Gasteiger partial charge in [-0.05, 0) is 18.2 Å². The zero-order chi connectivity index (χ0) is 14.1. The molecule has 0 fully saturated rings. The minimum Gasteiger partial charge on any atom is -0.463 e. The molecule has 0 spiro atoms. The third-order valence-electron chi connectivity index (χ3n) is 3.04. The van der Waals surface area contributed by atoms with Crippen molar-refractivity contribution in [1.29, 1.82) is 0 Å². The summed E-state index contributed by atoms with van der Waals surface area (Å²) >= 11 is 0. The molecule has 0 unspecified atom stereocenters. The van der Waals surface area contributed by atoms with Crippen molar-refractivity contribution in [2.45, 2.75) is 0 Å². The third-order valence-corrected chi connectivity index (χ3v) is 3.04. The highest BCUT2D eigenvalue weighted by molar-refractivity contribution is 5.86. The first-order valence-corrected chi connectivity index (χ1v) is 6.02. The molecular formula is C14H12N4O2. The van der Waals surface area contributed by atoms with Gasteiger partial charge in [0.15, 0.2) is 0 Å². The molecule has 0 N–H and O–H groups in total. The largest absolute Gasteiger partial charge is 0.463 e. The molecule has 6 nitrogen and oxygen atoms in total. The molecule has 0 atom stereocenters. The van der Waals surface area contributed by atoms with Gasteiger partial charge in [0.25, 0.3) is 0 Å². The van der Waals surface area contributed by atoms with Crippen LogP contribution in [0.3, 0.4) is 0 Å². The summed E-state index contributed by atoms with van der Waals surface area (Å²) in [6.45, 7) is 0. The first-order valence-electron chi connectivity index (χ1n) is 6.02. The maximum absolute atomic E-state index is 11.4. The van der Waals surface area contributed by atoms with E-state index >= 15 is 0 Å². The van der Waals surface area contributed by atoms with Crippen LogP contribution in [0.25, 0.3) is 22.3 Å². The number of carbonyl (C=O) groups is 1. The number of esters is 1. The summed E-state index contributed by atoms with van der Waals surface area (Å²) < 4.78 is 6.56. The Bertz CT molecular complexity index is 795. The molecule has 0 aliphatic carbocycles. The second kappa shape index (κ2) is 4.73. The molecule has 0 amide bonds. The number of hydrogen-bond acceptors (Lipinski definition) is 5. The highest BCUT2D eigenvalue weighted by Gasteiger charge is 2.11. The molecule has 0 saturated heterocycles. The van der Waals surface area contributed by atoms with Gasteiger partial charge in [-0.3, -0.25) is 0 Å². The lowest BCUT2D eigenvalue weighted by molar-refractivity contribution is 0.0587. The number of ether oxygens (including phenoxy) is 1. The highest BCUT2D eigenvalue weighted by Crippen LogP contribution is 2.21. The standard InChI is InChI=1S/C14H12N4O2/c1-18-8-16-11-7-9(3-4-12(11)18)10-5-6-15-13(17-10)14(19)20-2/h3-8H,1-2H3. The van der Waals surface area contributed by atoms with Crippen LogP contribution in [-0.2, 0) is 11.8 Å². The van der Waals surface area contributed by atoms with E-state index in [0.29, 0.717) is 5.69 Å². The van der Waals surface area contributed by atoms with E-state index in [1.807, 2.05) is 29.8 Å². The van der Waals surface area contributed by atoms with Crippen molar-refractivity contribution in [3.05, 3.63) is 42.6 Å². The Balaban J connectivity index is 2.08. The lowest BCUT2D eigenvalue weighted by atomic mass is 10.1. The van der Waals surface area contributed by atoms with Crippen molar-refractivity contribution in [3.8, 4) is 11.3 Å². The summed E-state index contributed by atoms with van der Waals surface area (Å²) in [4.78, 5) is 23.9. The summed E-state index contributed by atoms with van der Waals surface area (Å²) in [5, 5.41) is 0. The predicted molar refractivity (Wildman–Crippen MR) is 73.1 cm³/mol. The van der Waals surface area contributed by atoms with Gasteiger partial charge in [0.2, 0.25) is 5.82 Å². The second-order valence-corrected chi connectivity index (χ2v) is 4.32. The average Bonchev–Trinajstić information content (AvgIpc) is 2.87. The minimum atomic E-state index is -0.550. The van der Waals surface area contributed by atoms with E-state index in [1.54, 1.807) is 12.4 Å². The molecule has 0 saturated carbocycles. The molecule has 6 heteroatoms. The van der Waals surface area contributed by atoms with Gasteiger partial charge >= 0.3 is 5.97 Å². The van der Waals surface area contributed by atoms with Crippen molar-refractivity contribution in [1.82, 2.24) is 19.5 Å². The summed E-state index contributed by atoms with van der Waals surface area (Å²) in [5.41, 5.74) is 3.45. The minimum absolute atomic E-state index is 0.0473. The molecule has 20 heavy (non-hydrogen) atoms. The molecule has 2 aromatic heterocycles. The molecule has 0 bridgehead atoms. The van der Waals surface area contributed by atoms with E-state index < -0.39 is 5.97 Å². The van der Waals surface area contributed by atoms with Crippen LogP contribution in [0.2, 0.25) is 0 Å². The molecule has 3 aromatic rings. The number of aromatic nitrogens is 4. The monoisotopic (exact) mass is 268 g/mol. The van der Waals surface area contributed by atoms with Crippen LogP contribution in [-0.4, -0.2) is 32.6 Å². The molecule has 0 aliphatic rings. The first kappa shape index (κ1) is 12.3. The fourth-order valence-corrected chi connectivity index (χ4v) is 2.00. The van der Waals surface area contributed by atoms with E-state index in [2.05, 4.69) is 19.7 Å². The van der Waals surface area contributed by atoms with Gasteiger partial charge in [-0.1, -0.05) is 6.07 Å². The van der Waals surface area contributed by atoms with Crippen LogP contribution >= 0.6 is 0 Å². The maximum atomic E-state index is 11.4. The fourth-order valence-electron chi connectivity index (χ4n) is 2.00. The smallest absolute Gasteiger partial charge is 0.376 e. The molecule has 0 radical (unpaired) electrons. The Morgan fingerprint density at radius 3 is 2.90 bits per heavy atom. The molecule has 0 aliphatic heterocycles. The topological polar surface area (TPSA) is 69.9 Å². The van der Waals surface area contributed by atoms with Crippen LogP contribution in [0, 0.1) is 0 Å². The number of carbonyl (C=O) groups excluding carboxylic acids is 1. The molecule has 1 aromatic carbocycles. The number of methoxy groups -OCH3 is 1. The van der Waals surface area contributed by atoms with Gasteiger partial charge < -0.3 is 9.30 Å². The summed E-state index contributed by atoms with van der Waals surface area (Å²) in [7, 11) is 3.24. The SMILES string of the molecule is COC(=O)c1nccc(-c2ccc3c(c2)ncn3C)n1. The van der Waals surface area contributed by atoms with Gasteiger partial charge in [-0.2, -0.15) is 0 Å². The van der Waals surface area contributed by atoms with Gasteiger partial charge in [0.1, 0.15) is 0 Å². The van der Waals surface area contributed by atoms with Gasteiger partial charge in [-0.15, -0.1) is 0 Å². The van der Waals surface area contributed by atoms with Crippen LogP contribution in [0.15, 0.2) is 36.8 Å². The molecule has 100 valence electrons. The highest BCUT2D eigenvalue weighted by atomic mass is 16.5. The zero-order valence-corrected chi connectivity index (χ0v) is 11.1. The van der Waals surface area contributed by atoms with Gasteiger partial charge in [0.05, 0.1) is 30.2 Å². The lowest BCUT2D eigenvalue weighted by Crippen LogP contribution is -2.07. The van der Waals surface area contributed by atoms with Crippen molar-refractivity contribution in [2.75, 3.05) is 7.11 Å². The van der Waals surface area contributed by atoms with E-state index in [9.17, 15) is 4.79 Å². The van der Waals surface area contributed by atoms with Crippen LogP contribution in [0.4, 0.5) is 0 Å². The predicted octanol–water partition coefficient (Wildman–Crippen LogP) is 1.82. The zero-order valence-electron chi connectivity index (χ0n) is 11.1. The Hall–Kier alpha value is -2.76. The number of aryl methyl sites for hydroxylation is 1. The van der Waals surface area contributed by atoms with E-state index in [0.717, 1.165) is 16.6 Å². The van der Waals surface area contributed by atoms with E-state index in [1.165, 1.54) is 13.3 Å². The van der Waals surface area contributed by atoms with Crippen LogP contribution in [0.1, 0.15) is 10.6 Å². The van der Waals surface area contributed by atoms with Crippen molar-refractivity contribution >= 4 is 17.0 Å². The normalized spacial score (nSPS) is 10.7. The molecule has 3 rings (SSSR count). The number of hydrogen-bond donors (Lipinski definition) is 0. The number of nitrogens with zero attached hydrogens (tertiary/aromatic N) is 4. The van der Waals surface area contributed by atoms with Crippen molar-refractivity contribution in [2.24, 2.45) is 7.05 Å². The summed E-state index contributed by atoms with van der Waals surface area (Å²) in [5.74, 6) is -0.503. The first-order chi connectivity index (χ1) is 9.69. The Kier molecular flexibility index (Phi) is 2.90. The number of fused-ring (bicyclic) bond motifs is 1. The molecular weight excluding hydrogens is 256 g/mol. The Labute approximate surface area is 115 Å². The van der Waals surface area contributed by atoms with Gasteiger partial charge in [0, 0.05) is 18.8 Å². The maximum Gasteiger partial charge on any atom is 0.376 e. The number of benzene rings is 1. The van der Waals surface area contributed by atoms with Gasteiger partial charge in [-0.25, -0.2) is 19.7 Å². The summed E-state index contributed by atoms with van der Waals surface area (Å²) in [6, 6.07) is 7.58. The molecule has 2 heterocycles. The number of rotatable bonds is 2. The van der Waals surface area contributed by atoms with Crippen molar-refractivity contribution in [3.63, 3.8) is 0 Å². The quantitative estimate of drug-likeness (QED) is 0.663. The fraction of sp³-hybridized carbons (Fsp3) is 0.143. The van der Waals surface area contributed by atoms with E-state index in [-0.39, 0.29) is 5.82 Å². The Morgan fingerprint density at radius 2 is 2.10 bits per heavy atom. The third kappa shape index (κ3) is 2.01. The van der Waals surface area contributed by atoms with Crippen molar-refractivity contribution < 1.29 is 9.53 Å². The lowest BCUT2D eigenvalue weighted by Gasteiger charge is -2.03. The number of imidazole rings is 1.